The third-order valence-electron chi connectivity index (χ3n) is 2.75. The summed E-state index contributed by atoms with van der Waals surface area (Å²) in [5.41, 5.74) is 1.24. The van der Waals surface area contributed by atoms with Gasteiger partial charge in [0.05, 0.1) is 0 Å². The van der Waals surface area contributed by atoms with E-state index in [0.29, 0.717) is 17.4 Å². The lowest BCUT2D eigenvalue weighted by atomic mass is 10.1. The second-order valence-electron chi connectivity index (χ2n) is 4.16. The highest BCUT2D eigenvalue weighted by molar-refractivity contribution is 6.69. The topological polar surface area (TPSA) is 54.6 Å². The van der Waals surface area contributed by atoms with Gasteiger partial charge in [0.25, 0.3) is 5.56 Å². The molecule has 0 amide bonds. The van der Waals surface area contributed by atoms with Crippen LogP contribution in [-0.4, -0.2) is 21.4 Å². The Morgan fingerprint density at radius 1 is 1.53 bits per heavy atom. The van der Waals surface area contributed by atoms with Gasteiger partial charge in [0.15, 0.2) is 0 Å². The first kappa shape index (κ1) is 11.9. The van der Waals surface area contributed by atoms with E-state index in [9.17, 15) is 9.90 Å². The van der Waals surface area contributed by atoms with Crippen LogP contribution in [0, 0.1) is 12.8 Å². The lowest BCUT2D eigenvalue weighted by molar-refractivity contribution is 0.471. The number of pyridine rings is 1. The molecule has 0 unspecified atom stereocenters. The Hall–Kier alpha value is -1.55. The first-order chi connectivity index (χ1) is 7.99. The number of halogens is 1. The van der Waals surface area contributed by atoms with E-state index in [-0.39, 0.29) is 17.2 Å². The van der Waals surface area contributed by atoms with Crippen molar-refractivity contribution in [1.29, 1.82) is 0 Å². The Kier molecular flexibility index (Phi) is 3.07. The molecule has 0 spiro atoms. The fourth-order valence-corrected chi connectivity index (χ4v) is 2.11. The van der Waals surface area contributed by atoms with Gasteiger partial charge in [-0.2, -0.15) is 0 Å². The summed E-state index contributed by atoms with van der Waals surface area (Å²) in [4.78, 5) is 16.0. The third-order valence-corrected chi connectivity index (χ3v) is 2.98. The molecule has 0 aromatic carbocycles. The average molecular weight is 253 g/mol. The van der Waals surface area contributed by atoms with Crippen molar-refractivity contribution < 1.29 is 5.11 Å². The molecule has 1 aromatic heterocycles. The fraction of sp³-hybridized carbons (Fsp3) is 0.333. The molecule has 1 N–H and O–H groups in total. The molecule has 4 nitrogen and oxygen atoms in total. The minimum atomic E-state index is -0.257. The van der Waals surface area contributed by atoms with Gasteiger partial charge in [0.1, 0.15) is 10.9 Å². The van der Waals surface area contributed by atoms with Crippen molar-refractivity contribution >= 4 is 22.5 Å². The van der Waals surface area contributed by atoms with Crippen LogP contribution in [0.3, 0.4) is 0 Å². The Labute approximate surface area is 104 Å². The zero-order chi connectivity index (χ0) is 12.6. The minimum absolute atomic E-state index is 0.0208. The van der Waals surface area contributed by atoms with Crippen LogP contribution in [0.1, 0.15) is 12.6 Å². The van der Waals surface area contributed by atoms with E-state index in [2.05, 4.69) is 4.99 Å². The Morgan fingerprint density at radius 2 is 2.24 bits per heavy atom. The van der Waals surface area contributed by atoms with Crippen molar-refractivity contribution in [2.24, 2.45) is 10.9 Å². The summed E-state index contributed by atoms with van der Waals surface area (Å²) < 4.78 is 1.56. The van der Waals surface area contributed by atoms with Crippen LogP contribution in [0.2, 0.25) is 0 Å². The molecular formula is C12H13ClN2O2. The predicted octanol–water partition coefficient (Wildman–Crippen LogP) is 1.99. The highest BCUT2D eigenvalue weighted by atomic mass is 35.5. The Morgan fingerprint density at radius 3 is 2.88 bits per heavy atom. The number of hydrogen-bond donors (Lipinski definition) is 1. The molecule has 0 fully saturated rings. The number of aryl methyl sites for hydroxylation is 1. The molecule has 2 rings (SSSR count). The zero-order valence-corrected chi connectivity index (χ0v) is 10.4. The molecule has 2 heterocycles. The average Bonchev–Trinajstić information content (AvgIpc) is 2.21. The second kappa shape index (κ2) is 4.37. The van der Waals surface area contributed by atoms with Gasteiger partial charge in [0, 0.05) is 29.9 Å². The zero-order valence-electron chi connectivity index (χ0n) is 9.64. The van der Waals surface area contributed by atoms with Gasteiger partial charge in [-0.25, -0.2) is 0 Å². The highest BCUT2D eigenvalue weighted by Gasteiger charge is 2.18. The summed E-state index contributed by atoms with van der Waals surface area (Å²) in [7, 11) is 0. The normalized spacial score (nSPS) is 19.8. The van der Waals surface area contributed by atoms with Crippen molar-refractivity contribution in [1.82, 2.24) is 4.57 Å². The van der Waals surface area contributed by atoms with Gasteiger partial charge < -0.3 is 5.11 Å². The van der Waals surface area contributed by atoms with E-state index in [1.54, 1.807) is 23.6 Å². The summed E-state index contributed by atoms with van der Waals surface area (Å²) in [5, 5.41) is 9.75. The van der Waals surface area contributed by atoms with Crippen molar-refractivity contribution in [3.05, 3.63) is 34.3 Å². The van der Waals surface area contributed by atoms with Crippen LogP contribution in [-0.2, 0) is 0 Å². The summed E-state index contributed by atoms with van der Waals surface area (Å²) in [5.74, 6) is 0.103. The van der Waals surface area contributed by atoms with Crippen LogP contribution in [0.5, 0.6) is 5.75 Å². The standard InChI is InChI=1S/C12H13ClN2O2/c1-7-6-14-11(13)5-10(7)15-8(2)3-9(16)4-12(15)17/h3-5,7,16H,6H2,1-2H3/t7-/m0/s1. The first-order valence-corrected chi connectivity index (χ1v) is 5.71. The van der Waals surface area contributed by atoms with Gasteiger partial charge in [-0.15, -0.1) is 0 Å². The van der Waals surface area contributed by atoms with Crippen molar-refractivity contribution in [3.8, 4) is 5.75 Å². The molecule has 0 saturated carbocycles. The van der Waals surface area contributed by atoms with E-state index in [1.807, 2.05) is 6.92 Å². The number of rotatable bonds is 1. The second-order valence-corrected chi connectivity index (χ2v) is 4.55. The van der Waals surface area contributed by atoms with Crippen molar-refractivity contribution in [3.63, 3.8) is 0 Å². The summed E-state index contributed by atoms with van der Waals surface area (Å²) in [6.07, 6.45) is 1.70. The van der Waals surface area contributed by atoms with E-state index in [4.69, 9.17) is 11.6 Å². The van der Waals surface area contributed by atoms with E-state index < -0.39 is 0 Å². The molecule has 17 heavy (non-hydrogen) atoms. The quantitative estimate of drug-likeness (QED) is 0.831. The molecule has 0 saturated heterocycles. The maximum absolute atomic E-state index is 11.9. The molecule has 1 aromatic rings. The van der Waals surface area contributed by atoms with E-state index in [0.717, 1.165) is 5.70 Å². The lowest BCUT2D eigenvalue weighted by Gasteiger charge is -2.21. The maximum atomic E-state index is 11.9. The van der Waals surface area contributed by atoms with E-state index in [1.165, 1.54) is 6.07 Å². The number of hydrogen-bond acceptors (Lipinski definition) is 3. The predicted molar refractivity (Wildman–Crippen MR) is 68.7 cm³/mol. The fourth-order valence-electron chi connectivity index (χ4n) is 1.93. The molecule has 0 bridgehead atoms. The largest absolute Gasteiger partial charge is 0.508 e. The molecule has 1 atom stereocenters. The molecular weight excluding hydrogens is 240 g/mol. The maximum Gasteiger partial charge on any atom is 0.258 e. The monoisotopic (exact) mass is 252 g/mol. The molecule has 0 radical (unpaired) electrons. The molecule has 1 aliphatic rings. The van der Waals surface area contributed by atoms with Crippen LogP contribution < -0.4 is 5.56 Å². The number of aliphatic imine (C=N–C) groups is 1. The van der Waals surface area contributed by atoms with Gasteiger partial charge in [-0.05, 0) is 19.1 Å². The number of allylic oxidation sites excluding steroid dienone is 1. The smallest absolute Gasteiger partial charge is 0.258 e. The van der Waals surface area contributed by atoms with E-state index >= 15 is 0 Å². The Balaban J connectivity index is 2.62. The lowest BCUT2D eigenvalue weighted by Crippen LogP contribution is -2.26. The van der Waals surface area contributed by atoms with Gasteiger partial charge in [-0.1, -0.05) is 18.5 Å². The molecule has 0 aliphatic carbocycles. The molecule has 5 heteroatoms. The number of aromatic hydroxyl groups is 1. The van der Waals surface area contributed by atoms with Gasteiger partial charge >= 0.3 is 0 Å². The van der Waals surface area contributed by atoms with Crippen LogP contribution >= 0.6 is 11.6 Å². The van der Waals surface area contributed by atoms with Crippen LogP contribution in [0.15, 0.2) is 28.0 Å². The third kappa shape index (κ3) is 2.26. The number of aromatic nitrogens is 1. The van der Waals surface area contributed by atoms with Crippen molar-refractivity contribution in [2.75, 3.05) is 6.54 Å². The highest BCUT2D eigenvalue weighted by Crippen LogP contribution is 2.22. The summed E-state index contributed by atoms with van der Waals surface area (Å²) in [6, 6.07) is 2.74. The van der Waals surface area contributed by atoms with Gasteiger partial charge in [-0.3, -0.25) is 14.4 Å². The minimum Gasteiger partial charge on any atom is -0.508 e. The molecule has 1 aliphatic heterocycles. The first-order valence-electron chi connectivity index (χ1n) is 5.33. The van der Waals surface area contributed by atoms with Crippen LogP contribution in [0.25, 0.3) is 5.70 Å². The number of dihydropyridines is 1. The summed E-state index contributed by atoms with van der Waals surface area (Å²) >= 11 is 5.87. The van der Waals surface area contributed by atoms with Crippen LogP contribution in [0.4, 0.5) is 0 Å². The van der Waals surface area contributed by atoms with Crippen molar-refractivity contribution in [2.45, 2.75) is 13.8 Å². The van der Waals surface area contributed by atoms with Gasteiger partial charge in [0.2, 0.25) is 0 Å². The SMILES string of the molecule is Cc1cc(O)cc(=O)n1C1=CC(Cl)=NC[C@@H]1C. The summed E-state index contributed by atoms with van der Waals surface area (Å²) in [6.45, 7) is 4.32. The Bertz CT molecular complexity index is 572. The number of nitrogens with zero attached hydrogens (tertiary/aromatic N) is 2. The molecule has 90 valence electrons.